The molecule has 8 atom stereocenters. The molecular formula is C29H42O4. The first-order valence-electron chi connectivity index (χ1n) is 13.2. The van der Waals surface area contributed by atoms with Gasteiger partial charge in [0.25, 0.3) is 0 Å². The Morgan fingerprint density at radius 3 is 2.52 bits per heavy atom. The molecule has 0 amide bonds. The zero-order valence-electron chi connectivity index (χ0n) is 20.8. The third-order valence-corrected chi connectivity index (χ3v) is 10.5. The lowest BCUT2D eigenvalue weighted by atomic mass is 9.44. The molecule has 3 unspecified atom stereocenters. The van der Waals surface area contributed by atoms with E-state index < -0.39 is 0 Å². The summed E-state index contributed by atoms with van der Waals surface area (Å²) in [7, 11) is 1.67. The second-order valence-corrected chi connectivity index (χ2v) is 11.9. The molecule has 0 radical (unpaired) electrons. The van der Waals surface area contributed by atoms with Crippen LogP contribution in [-0.4, -0.2) is 32.4 Å². The number of benzene rings is 1. The van der Waals surface area contributed by atoms with Crippen molar-refractivity contribution in [2.24, 2.45) is 40.4 Å². The molecule has 0 aromatic heterocycles. The number of rotatable bonds is 7. The molecule has 1 aromatic rings. The minimum atomic E-state index is 0.149. The van der Waals surface area contributed by atoms with Gasteiger partial charge in [-0.2, -0.15) is 0 Å². The average molecular weight is 455 g/mol. The van der Waals surface area contributed by atoms with Gasteiger partial charge in [0.15, 0.2) is 0 Å². The van der Waals surface area contributed by atoms with Crippen molar-refractivity contribution in [3.8, 4) is 0 Å². The van der Waals surface area contributed by atoms with E-state index in [2.05, 4.69) is 44.2 Å². The first-order chi connectivity index (χ1) is 16.0. The number of carbonyl (C=O) groups excluding carboxylic acids is 1. The van der Waals surface area contributed by atoms with Crippen LogP contribution in [0.1, 0.15) is 70.8 Å². The maximum Gasteiger partial charge on any atom is 0.146 e. The van der Waals surface area contributed by atoms with Crippen LogP contribution in [-0.2, 0) is 25.6 Å². The van der Waals surface area contributed by atoms with Crippen molar-refractivity contribution >= 4 is 5.78 Å². The number of hydrogen-bond donors (Lipinski definition) is 0. The van der Waals surface area contributed by atoms with Gasteiger partial charge >= 0.3 is 0 Å². The van der Waals surface area contributed by atoms with Crippen LogP contribution in [0, 0.1) is 40.4 Å². The molecule has 182 valence electrons. The zero-order valence-corrected chi connectivity index (χ0v) is 20.8. The number of carbonyl (C=O) groups is 1. The summed E-state index contributed by atoms with van der Waals surface area (Å²) in [5.74, 6) is 3.22. The molecule has 4 nitrogen and oxygen atoms in total. The SMILES string of the molecule is COCOC1CC[C@@]2(C)C(C1)C(=O)C[C@@H]1[C@H]2CC[C@]2(C)C(COCc3ccccc3)CC[C@@H]12. The molecule has 1 aromatic carbocycles. The van der Waals surface area contributed by atoms with E-state index in [4.69, 9.17) is 14.2 Å². The van der Waals surface area contributed by atoms with Gasteiger partial charge in [-0.25, -0.2) is 0 Å². The summed E-state index contributed by atoms with van der Waals surface area (Å²) in [5, 5.41) is 0. The predicted octanol–water partition coefficient (Wildman–Crippen LogP) is 6.03. The number of hydrogen-bond acceptors (Lipinski definition) is 4. The predicted molar refractivity (Wildman–Crippen MR) is 128 cm³/mol. The van der Waals surface area contributed by atoms with E-state index in [1.165, 1.54) is 31.2 Å². The molecule has 0 spiro atoms. The number of ketones is 1. The highest BCUT2D eigenvalue weighted by Gasteiger charge is 2.62. The fraction of sp³-hybridized carbons (Fsp3) is 0.759. The average Bonchev–Trinajstić information content (AvgIpc) is 3.15. The van der Waals surface area contributed by atoms with Gasteiger partial charge in [-0.1, -0.05) is 44.2 Å². The van der Waals surface area contributed by atoms with Gasteiger partial charge in [-0.05, 0) is 85.0 Å². The summed E-state index contributed by atoms with van der Waals surface area (Å²) < 4.78 is 17.2. The van der Waals surface area contributed by atoms with E-state index in [0.29, 0.717) is 48.3 Å². The van der Waals surface area contributed by atoms with Gasteiger partial charge in [-0.3, -0.25) is 4.79 Å². The molecule has 4 heteroatoms. The highest BCUT2D eigenvalue weighted by Crippen LogP contribution is 2.66. The van der Waals surface area contributed by atoms with Crippen molar-refractivity contribution in [3.05, 3.63) is 35.9 Å². The third kappa shape index (κ3) is 4.21. The highest BCUT2D eigenvalue weighted by atomic mass is 16.7. The van der Waals surface area contributed by atoms with Crippen molar-refractivity contribution in [1.29, 1.82) is 0 Å². The fourth-order valence-electron chi connectivity index (χ4n) is 8.60. The Balaban J connectivity index is 1.26. The maximum absolute atomic E-state index is 13.5. The minimum absolute atomic E-state index is 0.149. The van der Waals surface area contributed by atoms with E-state index in [9.17, 15) is 4.79 Å². The summed E-state index contributed by atoms with van der Waals surface area (Å²) in [6.07, 6.45) is 9.12. The molecule has 0 bridgehead atoms. The largest absolute Gasteiger partial charge is 0.376 e. The highest BCUT2D eigenvalue weighted by molar-refractivity contribution is 5.83. The maximum atomic E-state index is 13.5. The second-order valence-electron chi connectivity index (χ2n) is 11.9. The van der Waals surface area contributed by atoms with Gasteiger partial charge in [0.2, 0.25) is 0 Å². The van der Waals surface area contributed by atoms with Gasteiger partial charge in [0.1, 0.15) is 12.6 Å². The Labute approximate surface area is 199 Å². The third-order valence-electron chi connectivity index (χ3n) is 10.5. The number of methoxy groups -OCH3 is 1. The van der Waals surface area contributed by atoms with E-state index in [1.807, 2.05) is 0 Å². The number of Topliss-reactive ketones (excluding diaryl/α,β-unsaturated/α-hetero) is 1. The van der Waals surface area contributed by atoms with Crippen LogP contribution in [0.15, 0.2) is 30.3 Å². The van der Waals surface area contributed by atoms with Gasteiger partial charge in [0, 0.05) is 19.4 Å². The molecule has 0 saturated heterocycles. The van der Waals surface area contributed by atoms with E-state index in [0.717, 1.165) is 32.3 Å². The first-order valence-corrected chi connectivity index (χ1v) is 13.2. The molecule has 4 fully saturated rings. The minimum Gasteiger partial charge on any atom is -0.376 e. The van der Waals surface area contributed by atoms with Crippen LogP contribution in [0.25, 0.3) is 0 Å². The molecular weight excluding hydrogens is 412 g/mol. The van der Waals surface area contributed by atoms with Crippen molar-refractivity contribution in [1.82, 2.24) is 0 Å². The lowest BCUT2D eigenvalue weighted by molar-refractivity contribution is -0.169. The molecule has 4 saturated carbocycles. The summed E-state index contributed by atoms with van der Waals surface area (Å²) >= 11 is 0. The molecule has 4 aliphatic carbocycles. The number of fused-ring (bicyclic) bond motifs is 5. The van der Waals surface area contributed by atoms with Crippen LogP contribution in [0.5, 0.6) is 0 Å². The summed E-state index contributed by atoms with van der Waals surface area (Å²) in [5.41, 5.74) is 1.72. The molecule has 33 heavy (non-hydrogen) atoms. The van der Waals surface area contributed by atoms with E-state index in [-0.39, 0.29) is 17.4 Å². The van der Waals surface area contributed by atoms with Crippen molar-refractivity contribution in [3.63, 3.8) is 0 Å². The first kappa shape index (κ1) is 23.5. The van der Waals surface area contributed by atoms with Gasteiger partial charge < -0.3 is 14.2 Å². The van der Waals surface area contributed by atoms with Crippen LogP contribution in [0.2, 0.25) is 0 Å². The summed E-state index contributed by atoms with van der Waals surface area (Å²) in [6.45, 7) is 6.85. The standard InChI is InChI=1S/C29H42O4/c1-28-14-12-25-23(16-27(30)26-15-22(33-19-31-3)11-13-29(25,26)2)24(28)10-9-21(28)18-32-17-20-7-5-4-6-8-20/h4-8,21-26H,9-19H2,1-3H3/t21?,22?,23-,24-,25+,26?,28+,29+/m0/s1. The fourth-order valence-corrected chi connectivity index (χ4v) is 8.60. The summed E-state index contributed by atoms with van der Waals surface area (Å²) in [6, 6.07) is 10.5. The molecule has 0 aliphatic heterocycles. The Kier molecular flexibility index (Phi) is 6.72. The quantitative estimate of drug-likeness (QED) is 0.472. The topological polar surface area (TPSA) is 44.8 Å². The Morgan fingerprint density at radius 1 is 0.970 bits per heavy atom. The Morgan fingerprint density at radius 2 is 1.73 bits per heavy atom. The molecule has 4 aliphatic rings. The zero-order chi connectivity index (χ0) is 23.1. The van der Waals surface area contributed by atoms with Crippen molar-refractivity contribution < 1.29 is 19.0 Å². The second kappa shape index (κ2) is 9.43. The van der Waals surface area contributed by atoms with E-state index in [1.54, 1.807) is 7.11 Å². The van der Waals surface area contributed by atoms with Gasteiger partial charge in [-0.15, -0.1) is 0 Å². The van der Waals surface area contributed by atoms with Crippen LogP contribution < -0.4 is 0 Å². The Hall–Kier alpha value is -1.23. The van der Waals surface area contributed by atoms with Crippen molar-refractivity contribution in [2.75, 3.05) is 20.5 Å². The molecule has 0 heterocycles. The van der Waals surface area contributed by atoms with Gasteiger partial charge in [0.05, 0.1) is 19.3 Å². The van der Waals surface area contributed by atoms with Crippen LogP contribution in [0.3, 0.4) is 0 Å². The number of ether oxygens (including phenoxy) is 3. The monoisotopic (exact) mass is 454 g/mol. The van der Waals surface area contributed by atoms with Crippen LogP contribution in [0.4, 0.5) is 0 Å². The normalized spacial score (nSPS) is 42.5. The Bertz CT molecular complexity index is 824. The van der Waals surface area contributed by atoms with Crippen LogP contribution >= 0.6 is 0 Å². The smallest absolute Gasteiger partial charge is 0.146 e. The lowest BCUT2D eigenvalue weighted by Gasteiger charge is -2.60. The molecule has 5 rings (SSSR count). The lowest BCUT2D eigenvalue weighted by Crippen LogP contribution is -2.57. The molecule has 0 N–H and O–H groups in total. The van der Waals surface area contributed by atoms with Crippen molar-refractivity contribution in [2.45, 2.75) is 77.9 Å². The van der Waals surface area contributed by atoms with E-state index >= 15 is 0 Å². The summed E-state index contributed by atoms with van der Waals surface area (Å²) in [4.78, 5) is 13.5.